The average Bonchev–Trinajstić information content (AvgIpc) is 2.56. The molecule has 0 bridgehead atoms. The summed E-state index contributed by atoms with van der Waals surface area (Å²) in [5.41, 5.74) is 0.811. The summed E-state index contributed by atoms with van der Waals surface area (Å²) in [6.45, 7) is 5.84. The minimum Gasteiger partial charge on any atom is -0.444 e. The zero-order valence-electron chi connectivity index (χ0n) is 14.9. The van der Waals surface area contributed by atoms with Crippen molar-refractivity contribution in [2.24, 2.45) is 0 Å². The van der Waals surface area contributed by atoms with Crippen LogP contribution < -0.4 is 10.1 Å². The first-order valence-corrected chi connectivity index (χ1v) is 8.44. The van der Waals surface area contributed by atoms with Gasteiger partial charge in [-0.25, -0.2) is 9.78 Å². The van der Waals surface area contributed by atoms with Gasteiger partial charge in [0, 0.05) is 23.8 Å². The zero-order chi connectivity index (χ0) is 19.2. The summed E-state index contributed by atoms with van der Waals surface area (Å²) >= 11 is 6.28. The summed E-state index contributed by atoms with van der Waals surface area (Å²) < 4.78 is 10.8. The molecule has 1 aromatic heterocycles. The first-order chi connectivity index (χ1) is 12.3. The molecule has 6 nitrogen and oxygen atoms in total. The molecule has 1 N–H and O–H groups in total. The van der Waals surface area contributed by atoms with Crippen molar-refractivity contribution in [3.8, 4) is 17.7 Å². The highest BCUT2D eigenvalue weighted by molar-refractivity contribution is 6.31. The molecule has 2 rings (SSSR count). The Hall–Kier alpha value is -2.78. The van der Waals surface area contributed by atoms with Crippen molar-refractivity contribution in [3.63, 3.8) is 0 Å². The van der Waals surface area contributed by atoms with Crippen molar-refractivity contribution in [1.82, 2.24) is 10.3 Å². The van der Waals surface area contributed by atoms with E-state index in [1.165, 1.54) is 6.20 Å². The number of aromatic nitrogens is 1. The van der Waals surface area contributed by atoms with Gasteiger partial charge in [0.2, 0.25) is 5.88 Å². The molecular weight excluding hydrogens is 354 g/mol. The summed E-state index contributed by atoms with van der Waals surface area (Å²) in [6, 6.07) is 10.5. The second-order valence-corrected chi connectivity index (χ2v) is 6.94. The van der Waals surface area contributed by atoms with E-state index in [0.29, 0.717) is 35.2 Å². The van der Waals surface area contributed by atoms with Gasteiger partial charge >= 0.3 is 6.09 Å². The number of ether oxygens (including phenoxy) is 2. The highest BCUT2D eigenvalue weighted by atomic mass is 35.5. The maximum Gasteiger partial charge on any atom is 0.407 e. The smallest absolute Gasteiger partial charge is 0.407 e. The molecule has 0 saturated heterocycles. The second kappa shape index (κ2) is 8.54. The summed E-state index contributed by atoms with van der Waals surface area (Å²) in [5, 5.41) is 12.0. The first kappa shape index (κ1) is 19.5. The van der Waals surface area contributed by atoms with E-state index in [0.717, 1.165) is 5.56 Å². The van der Waals surface area contributed by atoms with Crippen molar-refractivity contribution in [3.05, 3.63) is 52.7 Å². The van der Waals surface area contributed by atoms with Gasteiger partial charge in [0.05, 0.1) is 5.56 Å². The van der Waals surface area contributed by atoms with Crippen molar-refractivity contribution in [2.75, 3.05) is 6.54 Å². The standard InChI is InChI=1S/C19H20ClN3O3/c1-19(2,3)26-18(24)22-9-8-14-5-6-15(10-16(14)20)25-17-7-4-13(11-21)12-23-17/h4-7,10,12H,8-9H2,1-3H3,(H,22,24). The van der Waals surface area contributed by atoms with Crippen molar-refractivity contribution >= 4 is 17.7 Å². The molecule has 0 unspecified atom stereocenters. The predicted molar refractivity (Wildman–Crippen MR) is 98.4 cm³/mol. The summed E-state index contributed by atoms with van der Waals surface area (Å²) in [7, 11) is 0. The van der Waals surface area contributed by atoms with Crippen LogP contribution >= 0.6 is 11.6 Å². The third-order valence-electron chi connectivity index (χ3n) is 3.17. The van der Waals surface area contributed by atoms with Crippen LogP contribution in [0.25, 0.3) is 0 Å². The van der Waals surface area contributed by atoms with E-state index in [1.807, 2.05) is 32.9 Å². The van der Waals surface area contributed by atoms with E-state index in [4.69, 9.17) is 26.3 Å². The first-order valence-electron chi connectivity index (χ1n) is 8.06. The van der Waals surface area contributed by atoms with Gasteiger partial charge in [-0.05, 0) is 51.0 Å². The number of nitrogens with zero attached hydrogens (tertiary/aromatic N) is 2. The quantitative estimate of drug-likeness (QED) is 0.836. The number of nitrogens with one attached hydrogen (secondary N) is 1. The number of pyridine rings is 1. The Balaban J connectivity index is 1.90. The lowest BCUT2D eigenvalue weighted by Crippen LogP contribution is -2.33. The number of carbonyl (C=O) groups excluding carboxylic acids is 1. The Morgan fingerprint density at radius 1 is 1.31 bits per heavy atom. The Kier molecular flexibility index (Phi) is 6.42. The fraction of sp³-hybridized carbons (Fsp3) is 0.316. The SMILES string of the molecule is CC(C)(C)OC(=O)NCCc1ccc(Oc2ccc(C#N)cn2)cc1Cl. The molecule has 26 heavy (non-hydrogen) atoms. The molecule has 7 heteroatoms. The number of amides is 1. The van der Waals surface area contributed by atoms with Gasteiger partial charge in [-0.2, -0.15) is 5.26 Å². The molecule has 136 valence electrons. The van der Waals surface area contributed by atoms with Gasteiger partial charge in [0.15, 0.2) is 0 Å². The van der Waals surface area contributed by atoms with E-state index in [2.05, 4.69) is 10.3 Å². The maximum absolute atomic E-state index is 11.6. The lowest BCUT2D eigenvalue weighted by Gasteiger charge is -2.19. The van der Waals surface area contributed by atoms with Gasteiger partial charge < -0.3 is 14.8 Å². The molecule has 0 fully saturated rings. The molecule has 0 atom stereocenters. The highest BCUT2D eigenvalue weighted by Gasteiger charge is 2.15. The Morgan fingerprint density at radius 3 is 2.65 bits per heavy atom. The Labute approximate surface area is 157 Å². The summed E-state index contributed by atoms with van der Waals surface area (Å²) in [5.74, 6) is 0.912. The van der Waals surface area contributed by atoms with Crippen LogP contribution in [0, 0.1) is 11.3 Å². The fourth-order valence-corrected chi connectivity index (χ4v) is 2.30. The summed E-state index contributed by atoms with van der Waals surface area (Å²) in [4.78, 5) is 15.7. The van der Waals surface area contributed by atoms with Gasteiger partial charge in [-0.1, -0.05) is 17.7 Å². The monoisotopic (exact) mass is 373 g/mol. The number of benzene rings is 1. The molecule has 0 saturated carbocycles. The Bertz CT molecular complexity index is 808. The van der Waals surface area contributed by atoms with E-state index in [9.17, 15) is 4.79 Å². The minimum absolute atomic E-state index is 0.374. The van der Waals surface area contributed by atoms with Gasteiger partial charge in [-0.3, -0.25) is 0 Å². The van der Waals surface area contributed by atoms with Crippen LogP contribution in [-0.2, 0) is 11.2 Å². The van der Waals surface area contributed by atoms with Crippen LogP contribution in [0.4, 0.5) is 4.79 Å². The summed E-state index contributed by atoms with van der Waals surface area (Å²) in [6.07, 6.45) is 1.54. The van der Waals surface area contributed by atoms with Crippen molar-refractivity contribution < 1.29 is 14.3 Å². The van der Waals surface area contributed by atoms with E-state index in [1.54, 1.807) is 24.3 Å². The van der Waals surface area contributed by atoms with Gasteiger partial charge in [0.25, 0.3) is 0 Å². The lowest BCUT2D eigenvalue weighted by molar-refractivity contribution is 0.0528. The molecule has 0 aliphatic heterocycles. The molecule has 0 aliphatic carbocycles. The predicted octanol–water partition coefficient (Wildman–Crippen LogP) is 4.47. The van der Waals surface area contributed by atoms with E-state index < -0.39 is 11.7 Å². The average molecular weight is 374 g/mol. The molecular formula is C19H20ClN3O3. The molecule has 1 heterocycles. The molecule has 1 aromatic carbocycles. The van der Waals surface area contributed by atoms with Crippen LogP contribution in [0.1, 0.15) is 31.9 Å². The second-order valence-electron chi connectivity index (χ2n) is 6.53. The zero-order valence-corrected chi connectivity index (χ0v) is 15.6. The number of hydrogen-bond acceptors (Lipinski definition) is 5. The minimum atomic E-state index is -0.528. The Morgan fingerprint density at radius 2 is 2.08 bits per heavy atom. The number of hydrogen-bond donors (Lipinski definition) is 1. The van der Waals surface area contributed by atoms with Crippen molar-refractivity contribution in [2.45, 2.75) is 32.8 Å². The van der Waals surface area contributed by atoms with E-state index >= 15 is 0 Å². The van der Waals surface area contributed by atoms with Crippen LogP contribution in [-0.4, -0.2) is 23.2 Å². The van der Waals surface area contributed by atoms with Gasteiger partial charge in [-0.15, -0.1) is 0 Å². The number of halogens is 1. The van der Waals surface area contributed by atoms with Crippen LogP contribution in [0.15, 0.2) is 36.5 Å². The third kappa shape index (κ3) is 6.26. The molecule has 0 radical (unpaired) electrons. The lowest BCUT2D eigenvalue weighted by atomic mass is 10.1. The van der Waals surface area contributed by atoms with E-state index in [-0.39, 0.29) is 0 Å². The third-order valence-corrected chi connectivity index (χ3v) is 3.53. The number of alkyl carbamates (subject to hydrolysis) is 1. The van der Waals surface area contributed by atoms with Crippen LogP contribution in [0.2, 0.25) is 5.02 Å². The molecule has 0 spiro atoms. The number of carbonyl (C=O) groups is 1. The molecule has 0 aliphatic rings. The molecule has 2 aromatic rings. The molecule has 1 amide bonds. The van der Waals surface area contributed by atoms with Crippen molar-refractivity contribution in [1.29, 1.82) is 5.26 Å². The number of nitriles is 1. The number of rotatable bonds is 5. The highest BCUT2D eigenvalue weighted by Crippen LogP contribution is 2.26. The normalized spacial score (nSPS) is 10.7. The fourth-order valence-electron chi connectivity index (χ4n) is 2.04. The van der Waals surface area contributed by atoms with Crippen LogP contribution in [0.5, 0.6) is 11.6 Å². The van der Waals surface area contributed by atoms with Crippen LogP contribution in [0.3, 0.4) is 0 Å². The topological polar surface area (TPSA) is 84.2 Å². The largest absolute Gasteiger partial charge is 0.444 e. The maximum atomic E-state index is 11.6. The van der Waals surface area contributed by atoms with Gasteiger partial charge in [0.1, 0.15) is 17.4 Å².